The second-order valence-corrected chi connectivity index (χ2v) is 5.90. The van der Waals surface area contributed by atoms with E-state index in [0.29, 0.717) is 12.5 Å². The minimum atomic E-state index is -0.697. The average Bonchev–Trinajstić information content (AvgIpc) is 2.84. The third kappa shape index (κ3) is 3.01. The zero-order valence-electron chi connectivity index (χ0n) is 10.6. The predicted molar refractivity (Wildman–Crippen MR) is 67.6 cm³/mol. The third-order valence-corrected chi connectivity index (χ3v) is 5.02. The monoisotopic (exact) mass is 239 g/mol. The van der Waals surface area contributed by atoms with E-state index in [1.54, 1.807) is 0 Å². The van der Waals surface area contributed by atoms with Gasteiger partial charge in [0.2, 0.25) is 0 Å². The van der Waals surface area contributed by atoms with Gasteiger partial charge in [0.1, 0.15) is 0 Å². The molecule has 2 rings (SSSR count). The predicted octanol–water partition coefficient (Wildman–Crippen LogP) is 2.64. The molecule has 3 heteroatoms. The maximum atomic E-state index is 11.1. The number of aliphatic carboxylic acids is 1. The second-order valence-electron chi connectivity index (χ2n) is 5.90. The van der Waals surface area contributed by atoms with E-state index in [4.69, 9.17) is 10.8 Å². The zero-order chi connectivity index (χ0) is 12.3. The van der Waals surface area contributed by atoms with Gasteiger partial charge in [-0.3, -0.25) is 4.79 Å². The van der Waals surface area contributed by atoms with Crippen LogP contribution in [0, 0.1) is 23.7 Å². The van der Waals surface area contributed by atoms with Crippen molar-refractivity contribution in [2.75, 3.05) is 6.54 Å². The fourth-order valence-corrected chi connectivity index (χ4v) is 3.94. The van der Waals surface area contributed by atoms with Crippen molar-refractivity contribution in [3.63, 3.8) is 0 Å². The Morgan fingerprint density at radius 2 is 1.59 bits per heavy atom. The van der Waals surface area contributed by atoms with Crippen LogP contribution >= 0.6 is 0 Å². The molecule has 3 nitrogen and oxygen atoms in total. The van der Waals surface area contributed by atoms with Crippen LogP contribution in [0.5, 0.6) is 0 Å². The highest BCUT2D eigenvalue weighted by Gasteiger charge is 2.34. The summed E-state index contributed by atoms with van der Waals surface area (Å²) in [6.45, 7) is 0.300. The number of hydrogen-bond acceptors (Lipinski definition) is 2. The Kier molecular flexibility index (Phi) is 4.43. The molecule has 0 radical (unpaired) electrons. The van der Waals surface area contributed by atoms with Crippen molar-refractivity contribution in [2.24, 2.45) is 29.4 Å². The molecular weight excluding hydrogens is 214 g/mol. The molecule has 17 heavy (non-hydrogen) atoms. The fourth-order valence-electron chi connectivity index (χ4n) is 3.94. The van der Waals surface area contributed by atoms with Crippen molar-refractivity contribution < 1.29 is 9.90 Å². The Morgan fingerprint density at radius 3 is 2.06 bits per heavy atom. The lowest BCUT2D eigenvalue weighted by Gasteiger charge is -2.34. The van der Waals surface area contributed by atoms with Gasteiger partial charge in [-0.25, -0.2) is 0 Å². The summed E-state index contributed by atoms with van der Waals surface area (Å²) >= 11 is 0. The zero-order valence-corrected chi connectivity index (χ0v) is 10.6. The minimum Gasteiger partial charge on any atom is -0.481 e. The first-order chi connectivity index (χ1) is 8.22. The van der Waals surface area contributed by atoms with E-state index < -0.39 is 5.97 Å². The van der Waals surface area contributed by atoms with Crippen LogP contribution in [0.2, 0.25) is 0 Å². The molecule has 0 aliphatic heterocycles. The van der Waals surface area contributed by atoms with E-state index in [1.807, 2.05) is 0 Å². The van der Waals surface area contributed by atoms with Gasteiger partial charge in [-0.15, -0.1) is 0 Å². The summed E-state index contributed by atoms with van der Waals surface area (Å²) in [6.07, 6.45) is 10.3. The molecule has 0 aromatic carbocycles. The lowest BCUT2D eigenvalue weighted by atomic mass is 9.71. The quantitative estimate of drug-likeness (QED) is 0.792. The van der Waals surface area contributed by atoms with Gasteiger partial charge in [-0.2, -0.15) is 0 Å². The van der Waals surface area contributed by atoms with Crippen LogP contribution in [0.15, 0.2) is 0 Å². The van der Waals surface area contributed by atoms with Crippen molar-refractivity contribution in [3.05, 3.63) is 0 Å². The molecule has 2 saturated carbocycles. The lowest BCUT2D eigenvalue weighted by molar-refractivity contribution is -0.143. The Bertz CT molecular complexity index is 253. The highest BCUT2D eigenvalue weighted by atomic mass is 16.4. The molecule has 0 spiro atoms. The first-order valence-corrected chi connectivity index (χ1v) is 7.15. The van der Waals surface area contributed by atoms with Gasteiger partial charge >= 0.3 is 5.97 Å². The van der Waals surface area contributed by atoms with Crippen LogP contribution in [-0.2, 0) is 4.79 Å². The van der Waals surface area contributed by atoms with E-state index in [0.717, 1.165) is 24.7 Å². The Hall–Kier alpha value is -0.570. The number of carboxylic acids is 1. The molecule has 2 aliphatic rings. The minimum absolute atomic E-state index is 0.300. The summed E-state index contributed by atoms with van der Waals surface area (Å²) in [6, 6.07) is 0. The Morgan fingerprint density at radius 1 is 1.06 bits per heavy atom. The van der Waals surface area contributed by atoms with Crippen LogP contribution in [0.25, 0.3) is 0 Å². The highest BCUT2D eigenvalue weighted by Crippen LogP contribution is 2.42. The largest absolute Gasteiger partial charge is 0.481 e. The van der Waals surface area contributed by atoms with E-state index in [2.05, 4.69) is 0 Å². The van der Waals surface area contributed by atoms with E-state index in [1.165, 1.54) is 38.5 Å². The molecular formula is C14H25NO2. The summed E-state index contributed by atoms with van der Waals surface area (Å²) in [5, 5.41) is 9.12. The van der Waals surface area contributed by atoms with Gasteiger partial charge in [-0.05, 0) is 43.4 Å². The highest BCUT2D eigenvalue weighted by molar-refractivity contribution is 5.70. The first kappa shape index (κ1) is 12.9. The van der Waals surface area contributed by atoms with Gasteiger partial charge in [0.25, 0.3) is 0 Å². The van der Waals surface area contributed by atoms with E-state index in [-0.39, 0.29) is 5.92 Å². The Labute approximate surface area is 104 Å². The fraction of sp³-hybridized carbons (Fsp3) is 0.929. The molecule has 0 aromatic rings. The number of hydrogen-bond donors (Lipinski definition) is 2. The average molecular weight is 239 g/mol. The van der Waals surface area contributed by atoms with Gasteiger partial charge in [0.15, 0.2) is 0 Å². The molecule has 98 valence electrons. The van der Waals surface area contributed by atoms with Crippen molar-refractivity contribution in [1.82, 2.24) is 0 Å². The normalized spacial score (nSPS) is 32.5. The van der Waals surface area contributed by atoms with Crippen LogP contribution in [-0.4, -0.2) is 17.6 Å². The maximum absolute atomic E-state index is 11.1. The van der Waals surface area contributed by atoms with Crippen molar-refractivity contribution in [2.45, 2.75) is 51.4 Å². The molecule has 0 amide bonds. The molecule has 1 unspecified atom stereocenters. The SMILES string of the molecule is NCC(C(=O)O)C1CCC(C2CCCC2)CC1. The van der Waals surface area contributed by atoms with E-state index in [9.17, 15) is 4.79 Å². The standard InChI is InChI=1S/C14H25NO2/c15-9-13(14(16)17)12-7-5-11(6-8-12)10-3-1-2-4-10/h10-13H,1-9,15H2,(H,16,17). The molecule has 2 aliphatic carbocycles. The molecule has 0 aromatic heterocycles. The van der Waals surface area contributed by atoms with Crippen molar-refractivity contribution in [1.29, 1.82) is 0 Å². The molecule has 1 atom stereocenters. The summed E-state index contributed by atoms with van der Waals surface area (Å²) in [7, 11) is 0. The van der Waals surface area contributed by atoms with Crippen LogP contribution in [0.4, 0.5) is 0 Å². The summed E-state index contributed by atoms with van der Waals surface area (Å²) < 4.78 is 0. The molecule has 3 N–H and O–H groups in total. The number of carboxylic acid groups (broad SMARTS) is 1. The summed E-state index contributed by atoms with van der Waals surface area (Å²) in [5.74, 6) is 1.14. The third-order valence-electron chi connectivity index (χ3n) is 5.02. The van der Waals surface area contributed by atoms with Crippen LogP contribution in [0.3, 0.4) is 0 Å². The van der Waals surface area contributed by atoms with Crippen LogP contribution in [0.1, 0.15) is 51.4 Å². The van der Waals surface area contributed by atoms with Gasteiger partial charge in [0.05, 0.1) is 5.92 Å². The number of carbonyl (C=O) groups is 1. The molecule has 0 bridgehead atoms. The van der Waals surface area contributed by atoms with Gasteiger partial charge in [0, 0.05) is 6.54 Å². The summed E-state index contributed by atoms with van der Waals surface area (Å²) in [4.78, 5) is 11.1. The van der Waals surface area contributed by atoms with Gasteiger partial charge in [-0.1, -0.05) is 25.7 Å². The lowest BCUT2D eigenvalue weighted by Crippen LogP contribution is -2.34. The first-order valence-electron chi connectivity index (χ1n) is 7.15. The van der Waals surface area contributed by atoms with Crippen molar-refractivity contribution in [3.8, 4) is 0 Å². The van der Waals surface area contributed by atoms with Crippen LogP contribution < -0.4 is 5.73 Å². The van der Waals surface area contributed by atoms with Crippen molar-refractivity contribution >= 4 is 5.97 Å². The maximum Gasteiger partial charge on any atom is 0.308 e. The second kappa shape index (κ2) is 5.85. The topological polar surface area (TPSA) is 63.3 Å². The van der Waals surface area contributed by atoms with E-state index >= 15 is 0 Å². The molecule has 0 saturated heterocycles. The molecule has 2 fully saturated rings. The number of rotatable bonds is 4. The number of nitrogens with two attached hydrogens (primary N) is 1. The Balaban J connectivity index is 1.82. The summed E-state index contributed by atoms with van der Waals surface area (Å²) in [5.41, 5.74) is 5.58. The smallest absolute Gasteiger partial charge is 0.308 e. The molecule has 0 heterocycles. The van der Waals surface area contributed by atoms with Gasteiger partial charge < -0.3 is 10.8 Å².